The van der Waals surface area contributed by atoms with Crippen LogP contribution in [0.25, 0.3) is 11.3 Å². The van der Waals surface area contributed by atoms with Gasteiger partial charge in [-0.05, 0) is 30.7 Å². The van der Waals surface area contributed by atoms with Crippen LogP contribution >= 0.6 is 0 Å². The van der Waals surface area contributed by atoms with Gasteiger partial charge in [-0.2, -0.15) is 13.2 Å². The Labute approximate surface area is 149 Å². The molecule has 0 atom stereocenters. The highest BCUT2D eigenvalue weighted by atomic mass is 19.4. The first-order chi connectivity index (χ1) is 12.4. The van der Waals surface area contributed by atoms with E-state index in [0.717, 1.165) is 12.1 Å². The number of amides is 1. The topological polar surface area (TPSA) is 60.7 Å². The molecule has 5 nitrogen and oxygen atoms in total. The quantitative estimate of drug-likeness (QED) is 0.682. The molecule has 1 aromatic carbocycles. The molecule has 0 unspecified atom stereocenters. The number of hydrogen-bond donors (Lipinski definition) is 1. The van der Waals surface area contributed by atoms with Crippen LogP contribution in [0.4, 0.5) is 13.2 Å². The van der Waals surface area contributed by atoms with Gasteiger partial charge in [0.1, 0.15) is 5.76 Å². The zero-order chi connectivity index (χ0) is 19.0. The van der Waals surface area contributed by atoms with Gasteiger partial charge < -0.3 is 19.2 Å². The van der Waals surface area contributed by atoms with Crippen molar-refractivity contribution in [2.75, 3.05) is 33.5 Å². The van der Waals surface area contributed by atoms with Crippen molar-refractivity contribution >= 4 is 5.91 Å². The van der Waals surface area contributed by atoms with Crippen molar-refractivity contribution in [3.8, 4) is 11.3 Å². The Kier molecular flexibility index (Phi) is 7.23. The first kappa shape index (κ1) is 20.0. The van der Waals surface area contributed by atoms with Crippen LogP contribution in [0.5, 0.6) is 0 Å². The van der Waals surface area contributed by atoms with Crippen molar-refractivity contribution < 1.29 is 31.9 Å². The van der Waals surface area contributed by atoms with E-state index in [4.69, 9.17) is 13.9 Å². The number of ether oxygens (including phenoxy) is 2. The number of nitrogens with one attached hydrogen (secondary N) is 1. The number of furan rings is 1. The highest BCUT2D eigenvalue weighted by Gasteiger charge is 2.30. The zero-order valence-corrected chi connectivity index (χ0v) is 14.3. The third-order valence-corrected chi connectivity index (χ3v) is 3.49. The molecule has 1 heterocycles. The maximum Gasteiger partial charge on any atom is 0.416 e. The fourth-order valence-corrected chi connectivity index (χ4v) is 2.17. The summed E-state index contributed by atoms with van der Waals surface area (Å²) < 4.78 is 53.8. The number of halogens is 3. The predicted molar refractivity (Wildman–Crippen MR) is 88.8 cm³/mol. The lowest BCUT2D eigenvalue weighted by atomic mass is 10.1. The average molecular weight is 371 g/mol. The number of rotatable bonds is 9. The van der Waals surface area contributed by atoms with Crippen molar-refractivity contribution in [3.05, 3.63) is 47.7 Å². The normalized spacial score (nSPS) is 11.5. The first-order valence-electron chi connectivity index (χ1n) is 8.04. The van der Waals surface area contributed by atoms with E-state index in [0.29, 0.717) is 32.8 Å². The van der Waals surface area contributed by atoms with Crippen LogP contribution in [0.2, 0.25) is 0 Å². The number of hydrogen-bond acceptors (Lipinski definition) is 4. The first-order valence-corrected chi connectivity index (χ1v) is 8.04. The molecule has 0 aliphatic heterocycles. The minimum Gasteiger partial charge on any atom is -0.451 e. The highest BCUT2D eigenvalue weighted by molar-refractivity contribution is 5.92. The Morgan fingerprint density at radius 1 is 1.15 bits per heavy atom. The lowest BCUT2D eigenvalue weighted by Gasteiger charge is -2.07. The number of alkyl halides is 3. The monoisotopic (exact) mass is 371 g/mol. The van der Waals surface area contributed by atoms with E-state index in [2.05, 4.69) is 5.32 Å². The van der Waals surface area contributed by atoms with Gasteiger partial charge in [0.2, 0.25) is 0 Å². The van der Waals surface area contributed by atoms with Crippen molar-refractivity contribution in [2.24, 2.45) is 0 Å². The van der Waals surface area contributed by atoms with Gasteiger partial charge in [0.05, 0.1) is 18.8 Å². The Morgan fingerprint density at radius 2 is 1.96 bits per heavy atom. The molecule has 0 aliphatic carbocycles. The molecule has 0 radical (unpaired) electrons. The van der Waals surface area contributed by atoms with E-state index in [1.807, 2.05) is 0 Å². The van der Waals surface area contributed by atoms with Crippen LogP contribution < -0.4 is 5.32 Å². The fraction of sp³-hybridized carbons (Fsp3) is 0.389. The standard InChI is InChI=1S/C18H20F3NO4/c1-24-10-11-25-9-3-8-22-17(23)16-7-6-15(26-16)13-4-2-5-14(12-13)18(19,20)21/h2,4-7,12H,3,8-11H2,1H3,(H,22,23). The van der Waals surface area contributed by atoms with Gasteiger partial charge >= 0.3 is 6.18 Å². The second kappa shape index (κ2) is 9.40. The van der Waals surface area contributed by atoms with Crippen molar-refractivity contribution in [3.63, 3.8) is 0 Å². The van der Waals surface area contributed by atoms with Crippen LogP contribution in [0, 0.1) is 0 Å². The smallest absolute Gasteiger partial charge is 0.416 e. The molecule has 0 aliphatic rings. The van der Waals surface area contributed by atoms with E-state index in [1.165, 1.54) is 24.3 Å². The van der Waals surface area contributed by atoms with Gasteiger partial charge in [-0.15, -0.1) is 0 Å². The van der Waals surface area contributed by atoms with Gasteiger partial charge in [0.15, 0.2) is 5.76 Å². The Bertz CT molecular complexity index is 712. The van der Waals surface area contributed by atoms with Crippen molar-refractivity contribution in [1.29, 1.82) is 0 Å². The molecule has 0 fully saturated rings. The Balaban J connectivity index is 1.88. The third-order valence-electron chi connectivity index (χ3n) is 3.49. The highest BCUT2D eigenvalue weighted by Crippen LogP contribution is 2.32. The van der Waals surface area contributed by atoms with E-state index >= 15 is 0 Å². The van der Waals surface area contributed by atoms with Crippen LogP contribution in [-0.2, 0) is 15.7 Å². The third kappa shape index (κ3) is 5.89. The van der Waals surface area contributed by atoms with Crippen LogP contribution in [0.15, 0.2) is 40.8 Å². The summed E-state index contributed by atoms with van der Waals surface area (Å²) in [6.07, 6.45) is -3.81. The van der Waals surface area contributed by atoms with Gasteiger partial charge in [0.25, 0.3) is 5.91 Å². The molecule has 0 saturated carbocycles. The molecule has 0 spiro atoms. The maximum atomic E-state index is 12.8. The van der Waals surface area contributed by atoms with Crippen LogP contribution in [0.3, 0.4) is 0 Å². The Hall–Kier alpha value is -2.32. The summed E-state index contributed by atoms with van der Waals surface area (Å²) in [5.74, 6) is -0.193. The van der Waals surface area contributed by atoms with E-state index in [1.54, 1.807) is 7.11 Å². The van der Waals surface area contributed by atoms with Crippen LogP contribution in [-0.4, -0.2) is 39.4 Å². The summed E-state index contributed by atoms with van der Waals surface area (Å²) in [6.45, 7) is 1.88. The molecule has 8 heteroatoms. The van der Waals surface area contributed by atoms with E-state index in [9.17, 15) is 18.0 Å². The molecule has 1 aromatic heterocycles. The summed E-state index contributed by atoms with van der Waals surface area (Å²) in [4.78, 5) is 12.0. The second-order valence-electron chi connectivity index (χ2n) is 5.46. The molecule has 0 bridgehead atoms. The molecule has 1 N–H and O–H groups in total. The summed E-state index contributed by atoms with van der Waals surface area (Å²) in [6, 6.07) is 7.65. The van der Waals surface area contributed by atoms with Gasteiger partial charge in [-0.25, -0.2) is 0 Å². The Morgan fingerprint density at radius 3 is 2.69 bits per heavy atom. The number of carbonyl (C=O) groups excluding carboxylic acids is 1. The lowest BCUT2D eigenvalue weighted by Crippen LogP contribution is -2.25. The van der Waals surface area contributed by atoms with Crippen LogP contribution in [0.1, 0.15) is 22.5 Å². The SMILES string of the molecule is COCCOCCCNC(=O)c1ccc(-c2cccc(C(F)(F)F)c2)o1. The zero-order valence-electron chi connectivity index (χ0n) is 14.3. The molecule has 0 saturated heterocycles. The average Bonchev–Trinajstić information content (AvgIpc) is 3.10. The van der Waals surface area contributed by atoms with E-state index < -0.39 is 17.6 Å². The molecule has 2 aromatic rings. The minimum atomic E-state index is -4.44. The summed E-state index contributed by atoms with van der Waals surface area (Å²) in [7, 11) is 1.58. The molecule has 142 valence electrons. The second-order valence-corrected chi connectivity index (χ2v) is 5.46. The van der Waals surface area contributed by atoms with Crippen molar-refractivity contribution in [2.45, 2.75) is 12.6 Å². The van der Waals surface area contributed by atoms with Gasteiger partial charge in [-0.1, -0.05) is 12.1 Å². The largest absolute Gasteiger partial charge is 0.451 e. The molecular formula is C18H20F3NO4. The van der Waals surface area contributed by atoms with Crippen molar-refractivity contribution in [1.82, 2.24) is 5.32 Å². The summed E-state index contributed by atoms with van der Waals surface area (Å²) >= 11 is 0. The summed E-state index contributed by atoms with van der Waals surface area (Å²) in [5.41, 5.74) is -0.517. The molecule has 1 amide bonds. The molecular weight excluding hydrogens is 351 g/mol. The number of methoxy groups -OCH3 is 1. The van der Waals surface area contributed by atoms with E-state index in [-0.39, 0.29) is 17.1 Å². The maximum absolute atomic E-state index is 12.8. The summed E-state index contributed by atoms with van der Waals surface area (Å²) in [5, 5.41) is 2.67. The molecule has 26 heavy (non-hydrogen) atoms. The number of benzene rings is 1. The van der Waals surface area contributed by atoms with Gasteiger partial charge in [0, 0.05) is 25.8 Å². The number of carbonyl (C=O) groups is 1. The molecule has 2 rings (SSSR count). The fourth-order valence-electron chi connectivity index (χ4n) is 2.17. The predicted octanol–water partition coefficient (Wildman–Crippen LogP) is 3.75. The minimum absolute atomic E-state index is 0.0395. The van der Waals surface area contributed by atoms with Gasteiger partial charge in [-0.3, -0.25) is 4.79 Å². The lowest BCUT2D eigenvalue weighted by molar-refractivity contribution is -0.137.